The van der Waals surface area contributed by atoms with Crippen LogP contribution in [0.2, 0.25) is 0 Å². The Balaban J connectivity index is 1.41. The van der Waals surface area contributed by atoms with Gasteiger partial charge in [-0.2, -0.15) is 0 Å². The highest BCUT2D eigenvalue weighted by Crippen LogP contribution is 2.18. The molecule has 3 rings (SSSR count). The molecule has 174 valence electrons. The Bertz CT molecular complexity index is 1020. The average molecular weight is 458 g/mol. The number of aryl methyl sites for hydroxylation is 2. The maximum Gasteiger partial charge on any atom is 0.240 e. The number of hydrogen-bond donors (Lipinski definition) is 2. The first-order valence-electron chi connectivity index (χ1n) is 11.4. The summed E-state index contributed by atoms with van der Waals surface area (Å²) in [7, 11) is -3.63. The van der Waals surface area contributed by atoms with Crippen LogP contribution < -0.4 is 10.0 Å². The molecule has 1 fully saturated rings. The Kier molecular flexibility index (Phi) is 8.45. The monoisotopic (exact) mass is 457 g/mol. The summed E-state index contributed by atoms with van der Waals surface area (Å²) in [5.74, 6) is 0.586. The Labute approximate surface area is 192 Å². The van der Waals surface area contributed by atoms with Crippen molar-refractivity contribution in [3.8, 4) is 0 Å². The van der Waals surface area contributed by atoms with Crippen molar-refractivity contribution in [2.75, 3.05) is 19.6 Å². The van der Waals surface area contributed by atoms with Crippen LogP contribution >= 0.6 is 0 Å². The summed E-state index contributed by atoms with van der Waals surface area (Å²) >= 11 is 0. The van der Waals surface area contributed by atoms with E-state index < -0.39 is 10.0 Å². The molecule has 1 aliphatic heterocycles. The highest BCUT2D eigenvalue weighted by molar-refractivity contribution is 7.89. The molecule has 1 atom stereocenters. The second kappa shape index (κ2) is 11.1. The molecule has 0 spiro atoms. The first-order valence-corrected chi connectivity index (χ1v) is 12.8. The lowest BCUT2D eigenvalue weighted by Crippen LogP contribution is -2.33. The minimum absolute atomic E-state index is 0.0642. The lowest BCUT2D eigenvalue weighted by atomic mass is 9.99. The van der Waals surface area contributed by atoms with Gasteiger partial charge in [0.25, 0.3) is 0 Å². The van der Waals surface area contributed by atoms with Crippen LogP contribution in [0.4, 0.5) is 0 Å². The van der Waals surface area contributed by atoms with E-state index in [4.69, 9.17) is 0 Å². The first-order chi connectivity index (χ1) is 15.2. The minimum Gasteiger partial charge on any atom is -0.352 e. The molecule has 2 N–H and O–H groups in total. The van der Waals surface area contributed by atoms with Gasteiger partial charge in [-0.05, 0) is 61.9 Å². The standard InChI is InChI=1S/C25H35N3O3S/c1-19-6-11-24(21(3)15-19)32(30,31)27-13-12-25(29)26-16-22-7-9-23(10-8-22)18-28-14-4-5-20(2)17-28/h6-11,15,20,27H,4-5,12-14,16-18H2,1-3H3,(H,26,29). The molecule has 0 saturated carbocycles. The van der Waals surface area contributed by atoms with Gasteiger partial charge in [0.05, 0.1) is 4.90 Å². The summed E-state index contributed by atoms with van der Waals surface area (Å²) in [6.45, 7) is 9.79. The molecule has 1 heterocycles. The van der Waals surface area contributed by atoms with Gasteiger partial charge in [-0.15, -0.1) is 0 Å². The third-order valence-electron chi connectivity index (χ3n) is 5.92. The zero-order valence-corrected chi connectivity index (χ0v) is 20.2. The van der Waals surface area contributed by atoms with Crippen LogP contribution in [0.1, 0.15) is 48.4 Å². The van der Waals surface area contributed by atoms with Crippen molar-refractivity contribution in [2.24, 2.45) is 5.92 Å². The van der Waals surface area contributed by atoms with E-state index in [1.165, 1.54) is 18.4 Å². The van der Waals surface area contributed by atoms with E-state index in [0.717, 1.165) is 36.7 Å². The number of nitrogens with zero attached hydrogens (tertiary/aromatic N) is 1. The van der Waals surface area contributed by atoms with Crippen molar-refractivity contribution >= 4 is 15.9 Å². The molecule has 0 bridgehead atoms. The van der Waals surface area contributed by atoms with Crippen LogP contribution in [-0.2, 0) is 27.9 Å². The summed E-state index contributed by atoms with van der Waals surface area (Å²) in [4.78, 5) is 14.9. The van der Waals surface area contributed by atoms with Crippen LogP contribution in [0, 0.1) is 19.8 Å². The summed E-state index contributed by atoms with van der Waals surface area (Å²) in [6, 6.07) is 13.5. The molecule has 1 unspecified atom stereocenters. The molecule has 0 radical (unpaired) electrons. The number of benzene rings is 2. The van der Waals surface area contributed by atoms with Gasteiger partial charge >= 0.3 is 0 Å². The van der Waals surface area contributed by atoms with Crippen molar-refractivity contribution < 1.29 is 13.2 Å². The fraction of sp³-hybridized carbons (Fsp3) is 0.480. The molecular formula is C25H35N3O3S. The van der Waals surface area contributed by atoms with Gasteiger partial charge in [0.2, 0.25) is 15.9 Å². The van der Waals surface area contributed by atoms with E-state index in [-0.39, 0.29) is 23.8 Å². The van der Waals surface area contributed by atoms with Gasteiger partial charge in [0, 0.05) is 32.6 Å². The normalized spacial score (nSPS) is 17.3. The van der Waals surface area contributed by atoms with E-state index in [1.54, 1.807) is 19.1 Å². The fourth-order valence-electron chi connectivity index (χ4n) is 4.22. The third kappa shape index (κ3) is 7.15. The minimum atomic E-state index is -3.63. The molecular weight excluding hydrogens is 422 g/mol. The van der Waals surface area contributed by atoms with Crippen molar-refractivity contribution in [2.45, 2.75) is 58.0 Å². The molecule has 1 amide bonds. The van der Waals surface area contributed by atoms with Crippen LogP contribution in [0.25, 0.3) is 0 Å². The van der Waals surface area contributed by atoms with Crippen LogP contribution in [0.5, 0.6) is 0 Å². The summed E-state index contributed by atoms with van der Waals surface area (Å²) in [6.07, 6.45) is 2.68. The summed E-state index contributed by atoms with van der Waals surface area (Å²) in [5, 5.41) is 2.87. The summed E-state index contributed by atoms with van der Waals surface area (Å²) < 4.78 is 27.5. The van der Waals surface area contributed by atoms with Crippen LogP contribution in [0.3, 0.4) is 0 Å². The Morgan fingerprint density at radius 2 is 1.81 bits per heavy atom. The molecule has 32 heavy (non-hydrogen) atoms. The van der Waals surface area contributed by atoms with Crippen LogP contribution in [-0.4, -0.2) is 38.9 Å². The fourth-order valence-corrected chi connectivity index (χ4v) is 5.47. The van der Waals surface area contributed by atoms with Crippen LogP contribution in [0.15, 0.2) is 47.4 Å². The molecule has 1 saturated heterocycles. The van der Waals surface area contributed by atoms with Gasteiger partial charge in [-0.1, -0.05) is 48.9 Å². The quantitative estimate of drug-likeness (QED) is 0.604. The number of carbonyl (C=O) groups is 1. The zero-order valence-electron chi connectivity index (χ0n) is 19.4. The van der Waals surface area contributed by atoms with Gasteiger partial charge in [-0.3, -0.25) is 9.69 Å². The number of amides is 1. The van der Waals surface area contributed by atoms with Crippen molar-refractivity contribution in [1.29, 1.82) is 0 Å². The van der Waals surface area contributed by atoms with E-state index in [9.17, 15) is 13.2 Å². The second-order valence-electron chi connectivity index (χ2n) is 8.99. The molecule has 1 aliphatic rings. The zero-order chi connectivity index (χ0) is 23.1. The number of sulfonamides is 1. The molecule has 0 aromatic heterocycles. The first kappa shape index (κ1) is 24.4. The molecule has 2 aromatic rings. The molecule has 2 aromatic carbocycles. The number of nitrogens with one attached hydrogen (secondary N) is 2. The van der Waals surface area contributed by atoms with E-state index in [1.807, 2.05) is 25.1 Å². The Morgan fingerprint density at radius 3 is 2.50 bits per heavy atom. The Hall–Kier alpha value is -2.22. The molecule has 7 heteroatoms. The van der Waals surface area contributed by atoms with Crippen molar-refractivity contribution in [3.63, 3.8) is 0 Å². The van der Waals surface area contributed by atoms with E-state index >= 15 is 0 Å². The number of piperidine rings is 1. The molecule has 6 nitrogen and oxygen atoms in total. The van der Waals surface area contributed by atoms with Gasteiger partial charge in [0.15, 0.2) is 0 Å². The summed E-state index contributed by atoms with van der Waals surface area (Å²) in [5.41, 5.74) is 4.02. The van der Waals surface area contributed by atoms with E-state index in [0.29, 0.717) is 12.1 Å². The highest BCUT2D eigenvalue weighted by atomic mass is 32.2. The maximum atomic E-state index is 12.5. The lowest BCUT2D eigenvalue weighted by Gasteiger charge is -2.30. The van der Waals surface area contributed by atoms with Crippen molar-refractivity contribution in [1.82, 2.24) is 14.9 Å². The van der Waals surface area contributed by atoms with Gasteiger partial charge in [0.1, 0.15) is 0 Å². The van der Waals surface area contributed by atoms with E-state index in [2.05, 4.69) is 34.0 Å². The third-order valence-corrected chi connectivity index (χ3v) is 7.55. The van der Waals surface area contributed by atoms with Gasteiger partial charge in [-0.25, -0.2) is 13.1 Å². The SMILES string of the molecule is Cc1ccc(S(=O)(=O)NCCC(=O)NCc2ccc(CN3CCCC(C)C3)cc2)c(C)c1. The predicted molar refractivity (Wildman–Crippen MR) is 128 cm³/mol. The Morgan fingerprint density at radius 1 is 1.09 bits per heavy atom. The van der Waals surface area contributed by atoms with Crippen molar-refractivity contribution in [3.05, 3.63) is 64.7 Å². The lowest BCUT2D eigenvalue weighted by molar-refractivity contribution is -0.121. The topological polar surface area (TPSA) is 78.5 Å². The number of rotatable bonds is 9. The number of hydrogen-bond acceptors (Lipinski definition) is 4. The number of likely N-dealkylation sites (tertiary alicyclic amines) is 1. The second-order valence-corrected chi connectivity index (χ2v) is 10.7. The molecule has 0 aliphatic carbocycles. The average Bonchev–Trinajstić information content (AvgIpc) is 2.73. The largest absolute Gasteiger partial charge is 0.352 e. The van der Waals surface area contributed by atoms with Gasteiger partial charge < -0.3 is 5.32 Å². The number of carbonyl (C=O) groups excluding carboxylic acids is 1. The smallest absolute Gasteiger partial charge is 0.240 e. The predicted octanol–water partition coefficient (Wildman–Crippen LogP) is 3.52. The highest BCUT2D eigenvalue weighted by Gasteiger charge is 2.17. The maximum absolute atomic E-state index is 12.5.